The largest absolute Gasteiger partial charge is 0.373 e. The average molecular weight is 450 g/mol. The Morgan fingerprint density at radius 2 is 2.26 bits per heavy atom. The summed E-state index contributed by atoms with van der Waals surface area (Å²) in [5, 5.41) is 7.64. The molecule has 2 aliphatic heterocycles. The van der Waals surface area contributed by atoms with Crippen LogP contribution in [0.2, 0.25) is 5.02 Å². The van der Waals surface area contributed by atoms with Gasteiger partial charge < -0.3 is 15.4 Å². The molecule has 2 fully saturated rings. The van der Waals surface area contributed by atoms with E-state index in [1.807, 2.05) is 18.2 Å². The maximum absolute atomic E-state index is 6.01. The van der Waals surface area contributed by atoms with Gasteiger partial charge in [0.1, 0.15) is 0 Å². The predicted molar refractivity (Wildman–Crippen MR) is 106 cm³/mol. The Morgan fingerprint density at radius 1 is 1.39 bits per heavy atom. The third-order valence-corrected chi connectivity index (χ3v) is 4.57. The van der Waals surface area contributed by atoms with Crippen LogP contribution in [0.1, 0.15) is 31.7 Å². The lowest BCUT2D eigenvalue weighted by Gasteiger charge is -2.22. The highest BCUT2D eigenvalue weighted by Crippen LogP contribution is 2.34. The molecule has 4 nitrogen and oxygen atoms in total. The van der Waals surface area contributed by atoms with Gasteiger partial charge in [0.2, 0.25) is 0 Å². The van der Waals surface area contributed by atoms with Gasteiger partial charge in [0, 0.05) is 18.1 Å². The molecule has 3 rings (SSSR count). The fourth-order valence-electron chi connectivity index (χ4n) is 3.27. The summed E-state index contributed by atoms with van der Waals surface area (Å²) >= 11 is 6.01. The molecule has 2 saturated heterocycles. The minimum absolute atomic E-state index is 0. The van der Waals surface area contributed by atoms with E-state index in [1.165, 1.54) is 18.4 Å². The first-order valence-electron chi connectivity index (χ1n) is 8.19. The standard InChI is InChI=1S/C17H24ClN3O.HI/c1-2-19-17(21-15-11-14-6-7-16(15)22-14)20-9-8-12-4-3-5-13(18)10-12;/h3-5,10,14-16H,2,6-9,11H2,1H3,(H2,19,20,21);1H. The number of hydrogen-bond acceptors (Lipinski definition) is 2. The molecule has 0 saturated carbocycles. The predicted octanol–water partition coefficient (Wildman–Crippen LogP) is 3.38. The molecule has 0 aliphatic carbocycles. The molecule has 0 aromatic heterocycles. The topological polar surface area (TPSA) is 45.7 Å². The second kappa shape index (κ2) is 9.08. The van der Waals surface area contributed by atoms with Crippen LogP contribution in [-0.4, -0.2) is 37.3 Å². The minimum Gasteiger partial charge on any atom is -0.373 e. The molecule has 3 unspecified atom stereocenters. The van der Waals surface area contributed by atoms with Crippen molar-refractivity contribution < 1.29 is 4.74 Å². The Bertz CT molecular complexity index is 540. The highest BCUT2D eigenvalue weighted by atomic mass is 127. The Labute approximate surface area is 160 Å². The molecule has 0 radical (unpaired) electrons. The summed E-state index contributed by atoms with van der Waals surface area (Å²) in [6, 6.07) is 8.38. The number of aliphatic imine (C=N–C) groups is 1. The molecule has 0 amide bonds. The Morgan fingerprint density at radius 3 is 2.91 bits per heavy atom. The molecule has 2 aliphatic rings. The van der Waals surface area contributed by atoms with Crippen LogP contribution < -0.4 is 10.6 Å². The number of benzene rings is 1. The van der Waals surface area contributed by atoms with E-state index in [9.17, 15) is 0 Å². The van der Waals surface area contributed by atoms with Crippen LogP contribution in [0.15, 0.2) is 29.3 Å². The first-order valence-corrected chi connectivity index (χ1v) is 8.57. The molecule has 23 heavy (non-hydrogen) atoms. The zero-order chi connectivity index (χ0) is 15.4. The molecular weight excluding hydrogens is 425 g/mol. The lowest BCUT2D eigenvalue weighted by Crippen LogP contribution is -2.47. The molecule has 2 N–H and O–H groups in total. The Hall–Kier alpha value is -0.530. The SMILES string of the molecule is CCNC(=NCCc1cccc(Cl)c1)NC1CC2CCC1O2.I. The summed E-state index contributed by atoms with van der Waals surface area (Å²) in [6.07, 6.45) is 5.20. The summed E-state index contributed by atoms with van der Waals surface area (Å²) in [5.41, 5.74) is 1.22. The summed E-state index contributed by atoms with van der Waals surface area (Å²) in [5.74, 6) is 0.894. The van der Waals surface area contributed by atoms with E-state index in [0.29, 0.717) is 18.2 Å². The van der Waals surface area contributed by atoms with Crippen LogP contribution in [0, 0.1) is 0 Å². The van der Waals surface area contributed by atoms with E-state index in [2.05, 4.69) is 28.6 Å². The van der Waals surface area contributed by atoms with Crippen molar-refractivity contribution in [2.24, 2.45) is 4.99 Å². The number of hydrogen-bond donors (Lipinski definition) is 2. The number of halogens is 2. The van der Waals surface area contributed by atoms with Gasteiger partial charge in [-0.1, -0.05) is 23.7 Å². The van der Waals surface area contributed by atoms with Gasteiger partial charge in [-0.25, -0.2) is 0 Å². The van der Waals surface area contributed by atoms with E-state index in [0.717, 1.165) is 36.9 Å². The van der Waals surface area contributed by atoms with E-state index in [4.69, 9.17) is 16.3 Å². The summed E-state index contributed by atoms with van der Waals surface area (Å²) in [7, 11) is 0. The third kappa shape index (κ3) is 5.22. The molecule has 1 aromatic rings. The number of nitrogens with zero attached hydrogens (tertiary/aromatic N) is 1. The highest BCUT2D eigenvalue weighted by Gasteiger charge is 2.41. The zero-order valence-electron chi connectivity index (χ0n) is 13.4. The van der Waals surface area contributed by atoms with E-state index in [1.54, 1.807) is 0 Å². The molecule has 0 spiro atoms. The Kier molecular flexibility index (Phi) is 7.43. The van der Waals surface area contributed by atoms with Gasteiger partial charge in [-0.3, -0.25) is 4.99 Å². The smallest absolute Gasteiger partial charge is 0.191 e. The van der Waals surface area contributed by atoms with Crippen molar-refractivity contribution in [3.8, 4) is 0 Å². The van der Waals surface area contributed by atoms with Gasteiger partial charge in [-0.2, -0.15) is 0 Å². The van der Waals surface area contributed by atoms with Crippen molar-refractivity contribution in [2.45, 2.75) is 50.9 Å². The van der Waals surface area contributed by atoms with Gasteiger partial charge in [0.05, 0.1) is 18.2 Å². The van der Waals surface area contributed by atoms with Crippen molar-refractivity contribution >= 4 is 41.5 Å². The summed E-state index contributed by atoms with van der Waals surface area (Å²) in [4.78, 5) is 4.68. The second-order valence-electron chi connectivity index (χ2n) is 6.00. The average Bonchev–Trinajstić information content (AvgIpc) is 3.10. The van der Waals surface area contributed by atoms with Crippen LogP contribution in [0.5, 0.6) is 0 Å². The Balaban J connectivity index is 0.00000192. The number of fused-ring (bicyclic) bond motifs is 2. The van der Waals surface area contributed by atoms with Crippen molar-refractivity contribution in [1.82, 2.24) is 10.6 Å². The van der Waals surface area contributed by atoms with Crippen LogP contribution >= 0.6 is 35.6 Å². The van der Waals surface area contributed by atoms with Crippen LogP contribution in [0.3, 0.4) is 0 Å². The first-order chi connectivity index (χ1) is 10.7. The lowest BCUT2D eigenvalue weighted by molar-refractivity contribution is 0.0992. The quantitative estimate of drug-likeness (QED) is 0.412. The first kappa shape index (κ1) is 18.8. The van der Waals surface area contributed by atoms with E-state index >= 15 is 0 Å². The van der Waals surface area contributed by atoms with Gasteiger partial charge in [-0.15, -0.1) is 24.0 Å². The number of guanidine groups is 1. The van der Waals surface area contributed by atoms with Crippen LogP contribution in [0.25, 0.3) is 0 Å². The number of nitrogens with one attached hydrogen (secondary N) is 2. The minimum atomic E-state index is 0. The summed E-state index contributed by atoms with van der Waals surface area (Å²) in [6.45, 7) is 3.70. The molecule has 6 heteroatoms. The maximum atomic E-state index is 6.01. The van der Waals surface area contributed by atoms with Crippen molar-refractivity contribution in [3.63, 3.8) is 0 Å². The maximum Gasteiger partial charge on any atom is 0.191 e. The van der Waals surface area contributed by atoms with E-state index < -0.39 is 0 Å². The van der Waals surface area contributed by atoms with Crippen LogP contribution in [0.4, 0.5) is 0 Å². The number of ether oxygens (including phenoxy) is 1. The zero-order valence-corrected chi connectivity index (χ0v) is 16.5. The molecule has 3 atom stereocenters. The fourth-order valence-corrected chi connectivity index (χ4v) is 3.49. The third-order valence-electron chi connectivity index (χ3n) is 4.33. The van der Waals surface area contributed by atoms with Gasteiger partial charge in [0.15, 0.2) is 5.96 Å². The fraction of sp³-hybridized carbons (Fsp3) is 0.588. The van der Waals surface area contributed by atoms with Crippen molar-refractivity contribution in [3.05, 3.63) is 34.9 Å². The highest BCUT2D eigenvalue weighted by molar-refractivity contribution is 14.0. The molecule has 1 aromatic carbocycles. The molecule has 128 valence electrons. The normalized spacial score (nSPS) is 26.0. The monoisotopic (exact) mass is 449 g/mol. The van der Waals surface area contributed by atoms with Crippen LogP contribution in [-0.2, 0) is 11.2 Å². The van der Waals surface area contributed by atoms with Gasteiger partial charge >= 0.3 is 0 Å². The van der Waals surface area contributed by atoms with Gasteiger partial charge in [-0.05, 0) is 50.3 Å². The second-order valence-corrected chi connectivity index (χ2v) is 6.44. The molecular formula is C17H25ClIN3O. The van der Waals surface area contributed by atoms with Gasteiger partial charge in [0.25, 0.3) is 0 Å². The lowest BCUT2D eigenvalue weighted by atomic mass is 9.96. The van der Waals surface area contributed by atoms with Crippen molar-refractivity contribution in [1.29, 1.82) is 0 Å². The van der Waals surface area contributed by atoms with Crippen molar-refractivity contribution in [2.75, 3.05) is 13.1 Å². The number of rotatable bonds is 5. The molecule has 2 bridgehead atoms. The summed E-state index contributed by atoms with van der Waals surface area (Å²) < 4.78 is 5.89. The van der Waals surface area contributed by atoms with E-state index in [-0.39, 0.29) is 24.0 Å². The molecule has 2 heterocycles.